The van der Waals surface area contributed by atoms with Crippen LogP contribution in [0.3, 0.4) is 0 Å². The maximum atomic E-state index is 13.9. The zero-order valence-corrected chi connectivity index (χ0v) is 11.1. The molecule has 0 saturated carbocycles. The molecule has 1 fully saturated rings. The van der Waals surface area contributed by atoms with Crippen LogP contribution in [0.5, 0.6) is 0 Å². The largest absolute Gasteiger partial charge is 0.465 e. The molecule has 1 heterocycles. The van der Waals surface area contributed by atoms with E-state index in [2.05, 4.69) is 15.0 Å². The summed E-state index contributed by atoms with van der Waals surface area (Å²) in [6.45, 7) is 4.83. The van der Waals surface area contributed by atoms with Gasteiger partial charge in [-0.1, -0.05) is 6.07 Å². The van der Waals surface area contributed by atoms with E-state index in [1.54, 1.807) is 12.1 Å². The summed E-state index contributed by atoms with van der Waals surface area (Å²) < 4.78 is 18.4. The van der Waals surface area contributed by atoms with Crippen LogP contribution in [0.2, 0.25) is 0 Å². The van der Waals surface area contributed by atoms with Crippen LogP contribution in [0, 0.1) is 5.82 Å². The first-order chi connectivity index (χ1) is 9.20. The Bertz CT molecular complexity index is 445. The van der Waals surface area contributed by atoms with Crippen LogP contribution in [0.15, 0.2) is 18.2 Å². The smallest absolute Gasteiger partial charge is 0.337 e. The zero-order valence-electron chi connectivity index (χ0n) is 11.1. The summed E-state index contributed by atoms with van der Waals surface area (Å²) in [5.41, 5.74) is 0.900. The monoisotopic (exact) mass is 266 g/mol. The quantitative estimate of drug-likeness (QED) is 0.827. The van der Waals surface area contributed by atoms with Crippen LogP contribution in [-0.4, -0.2) is 50.7 Å². The van der Waals surface area contributed by atoms with E-state index in [1.165, 1.54) is 13.2 Å². The van der Waals surface area contributed by atoms with Gasteiger partial charge in [-0.25, -0.2) is 9.18 Å². The lowest BCUT2D eigenvalue weighted by Crippen LogP contribution is -2.44. The van der Waals surface area contributed by atoms with Gasteiger partial charge < -0.3 is 15.0 Å². The van der Waals surface area contributed by atoms with Gasteiger partial charge in [-0.2, -0.15) is 0 Å². The summed E-state index contributed by atoms with van der Waals surface area (Å²) >= 11 is 0. The molecule has 0 aromatic heterocycles. The number of carbonyl (C=O) groups is 1. The van der Waals surface area contributed by atoms with E-state index in [0.29, 0.717) is 12.0 Å². The molecule has 1 aliphatic heterocycles. The van der Waals surface area contributed by atoms with Crippen molar-refractivity contribution in [3.05, 3.63) is 35.1 Å². The van der Waals surface area contributed by atoms with E-state index in [0.717, 1.165) is 32.7 Å². The summed E-state index contributed by atoms with van der Waals surface area (Å²) in [5.74, 6) is -0.842. The molecular formula is C14H19FN2O2. The molecule has 2 rings (SSSR count). The van der Waals surface area contributed by atoms with Crippen LogP contribution in [0.25, 0.3) is 0 Å². The number of ether oxygens (including phenoxy) is 1. The molecular weight excluding hydrogens is 247 g/mol. The summed E-state index contributed by atoms with van der Waals surface area (Å²) in [7, 11) is 1.29. The van der Waals surface area contributed by atoms with Crippen molar-refractivity contribution < 1.29 is 13.9 Å². The average Bonchev–Trinajstić information content (AvgIpc) is 2.46. The highest BCUT2D eigenvalue weighted by Crippen LogP contribution is 2.12. The zero-order chi connectivity index (χ0) is 13.7. The molecule has 19 heavy (non-hydrogen) atoms. The van der Waals surface area contributed by atoms with Crippen LogP contribution < -0.4 is 5.32 Å². The topological polar surface area (TPSA) is 41.6 Å². The summed E-state index contributed by atoms with van der Waals surface area (Å²) in [5, 5.41) is 3.28. The highest BCUT2D eigenvalue weighted by molar-refractivity contribution is 5.89. The molecule has 1 N–H and O–H groups in total. The van der Waals surface area contributed by atoms with Crippen molar-refractivity contribution in [2.75, 3.05) is 39.8 Å². The fourth-order valence-corrected chi connectivity index (χ4v) is 2.21. The number of methoxy groups -OCH3 is 1. The number of nitrogens with one attached hydrogen (secondary N) is 1. The Kier molecular flexibility index (Phi) is 4.87. The number of hydrogen-bond donors (Lipinski definition) is 1. The van der Waals surface area contributed by atoms with Crippen molar-refractivity contribution in [3.63, 3.8) is 0 Å². The fourth-order valence-electron chi connectivity index (χ4n) is 2.21. The molecule has 0 bridgehead atoms. The summed E-state index contributed by atoms with van der Waals surface area (Å²) in [6, 6.07) is 4.53. The first-order valence-corrected chi connectivity index (χ1v) is 6.50. The van der Waals surface area contributed by atoms with Crippen molar-refractivity contribution in [1.82, 2.24) is 10.2 Å². The van der Waals surface area contributed by atoms with Crippen molar-refractivity contribution in [1.29, 1.82) is 0 Å². The van der Waals surface area contributed by atoms with Gasteiger partial charge in [-0.15, -0.1) is 0 Å². The minimum atomic E-state index is -0.507. The number of carbonyl (C=O) groups excluding carboxylic acids is 1. The fraction of sp³-hybridized carbons (Fsp3) is 0.500. The molecule has 1 aromatic carbocycles. The number of esters is 1. The third kappa shape index (κ3) is 3.75. The molecule has 1 aliphatic rings. The van der Waals surface area contributed by atoms with E-state index in [9.17, 15) is 9.18 Å². The Labute approximate surface area is 112 Å². The lowest BCUT2D eigenvalue weighted by Gasteiger charge is -2.27. The van der Waals surface area contributed by atoms with E-state index in [1.807, 2.05) is 0 Å². The van der Waals surface area contributed by atoms with Crippen LogP contribution in [-0.2, 0) is 11.2 Å². The molecule has 0 spiro atoms. The number of piperazine rings is 1. The predicted octanol–water partition coefficient (Wildman–Crippen LogP) is 1.06. The SMILES string of the molecule is COC(=O)c1ccc(CCN2CCNCC2)c(F)c1. The molecule has 0 unspecified atom stereocenters. The normalized spacial score (nSPS) is 16.3. The molecule has 4 nitrogen and oxygen atoms in total. The van der Waals surface area contributed by atoms with Crippen LogP contribution in [0.4, 0.5) is 4.39 Å². The summed E-state index contributed by atoms with van der Waals surface area (Å²) in [4.78, 5) is 13.6. The second kappa shape index (κ2) is 6.63. The van der Waals surface area contributed by atoms with Gasteiger partial charge in [0.1, 0.15) is 5.82 Å². The maximum Gasteiger partial charge on any atom is 0.337 e. The van der Waals surface area contributed by atoms with Crippen molar-refractivity contribution in [2.45, 2.75) is 6.42 Å². The molecule has 0 aliphatic carbocycles. The van der Waals surface area contributed by atoms with Gasteiger partial charge in [0.05, 0.1) is 12.7 Å². The molecule has 0 amide bonds. The van der Waals surface area contributed by atoms with E-state index in [-0.39, 0.29) is 11.4 Å². The van der Waals surface area contributed by atoms with Crippen molar-refractivity contribution in [3.8, 4) is 0 Å². The number of hydrogen-bond acceptors (Lipinski definition) is 4. The third-order valence-electron chi connectivity index (χ3n) is 3.38. The number of halogens is 1. The second-order valence-electron chi connectivity index (χ2n) is 4.64. The van der Waals surface area contributed by atoms with Crippen LogP contribution >= 0.6 is 0 Å². The van der Waals surface area contributed by atoms with Gasteiger partial charge in [0.25, 0.3) is 0 Å². The molecule has 104 valence electrons. The second-order valence-corrected chi connectivity index (χ2v) is 4.64. The minimum absolute atomic E-state index is 0.255. The molecule has 5 heteroatoms. The Morgan fingerprint density at radius 3 is 2.79 bits per heavy atom. The standard InChI is InChI=1S/C14H19FN2O2/c1-19-14(18)12-3-2-11(13(15)10-12)4-7-17-8-5-16-6-9-17/h2-3,10,16H,4-9H2,1H3. The van der Waals surface area contributed by atoms with Crippen molar-refractivity contribution >= 4 is 5.97 Å². The first-order valence-electron chi connectivity index (χ1n) is 6.50. The number of benzene rings is 1. The first kappa shape index (κ1) is 14.0. The van der Waals surface area contributed by atoms with E-state index in [4.69, 9.17) is 0 Å². The lowest BCUT2D eigenvalue weighted by molar-refractivity contribution is 0.0600. The third-order valence-corrected chi connectivity index (χ3v) is 3.38. The van der Waals surface area contributed by atoms with Gasteiger partial charge in [0.15, 0.2) is 0 Å². The minimum Gasteiger partial charge on any atom is -0.465 e. The van der Waals surface area contributed by atoms with Gasteiger partial charge in [-0.3, -0.25) is 0 Å². The van der Waals surface area contributed by atoms with Gasteiger partial charge in [0, 0.05) is 32.7 Å². The molecule has 0 radical (unpaired) electrons. The highest BCUT2D eigenvalue weighted by atomic mass is 19.1. The molecule has 0 atom stereocenters. The Balaban J connectivity index is 1.95. The molecule has 1 saturated heterocycles. The lowest BCUT2D eigenvalue weighted by atomic mass is 10.1. The van der Waals surface area contributed by atoms with Crippen LogP contribution in [0.1, 0.15) is 15.9 Å². The number of rotatable bonds is 4. The Morgan fingerprint density at radius 2 is 2.16 bits per heavy atom. The maximum absolute atomic E-state index is 13.9. The number of nitrogens with zero attached hydrogens (tertiary/aromatic N) is 1. The van der Waals surface area contributed by atoms with Gasteiger partial charge in [0.2, 0.25) is 0 Å². The summed E-state index contributed by atoms with van der Waals surface area (Å²) in [6.07, 6.45) is 0.660. The Morgan fingerprint density at radius 1 is 1.42 bits per heavy atom. The van der Waals surface area contributed by atoms with E-state index >= 15 is 0 Å². The van der Waals surface area contributed by atoms with Crippen molar-refractivity contribution in [2.24, 2.45) is 0 Å². The van der Waals surface area contributed by atoms with Gasteiger partial charge in [-0.05, 0) is 24.1 Å². The van der Waals surface area contributed by atoms with E-state index < -0.39 is 5.97 Å². The van der Waals surface area contributed by atoms with Gasteiger partial charge >= 0.3 is 5.97 Å². The predicted molar refractivity (Wildman–Crippen MR) is 70.8 cm³/mol. The average molecular weight is 266 g/mol. The highest BCUT2D eigenvalue weighted by Gasteiger charge is 2.12. The Hall–Kier alpha value is -1.46. The molecule has 1 aromatic rings.